The van der Waals surface area contributed by atoms with Crippen molar-refractivity contribution in [3.8, 4) is 0 Å². The zero-order chi connectivity index (χ0) is 21.1. The molecule has 2 saturated heterocycles. The minimum absolute atomic E-state index is 0.257. The van der Waals surface area contributed by atoms with E-state index in [0.717, 1.165) is 74.4 Å². The number of nitrogens with zero attached hydrogens (tertiary/aromatic N) is 3. The maximum absolute atomic E-state index is 14.1. The number of rotatable bonds is 4. The van der Waals surface area contributed by atoms with E-state index >= 15 is 0 Å². The van der Waals surface area contributed by atoms with E-state index < -0.39 is 0 Å². The van der Waals surface area contributed by atoms with E-state index in [0.29, 0.717) is 5.02 Å². The summed E-state index contributed by atoms with van der Waals surface area (Å²) < 4.78 is 14.1. The topological polar surface area (TPSA) is 26.8 Å². The molecule has 0 aromatic heterocycles. The molecule has 2 fully saturated rings. The second kappa shape index (κ2) is 9.19. The van der Waals surface area contributed by atoms with Crippen molar-refractivity contribution in [2.45, 2.75) is 18.9 Å². The largest absolute Gasteiger partial charge is 0.368 e. The van der Waals surface area contributed by atoms with Crippen molar-refractivity contribution < 1.29 is 9.18 Å². The van der Waals surface area contributed by atoms with Gasteiger partial charge in [-0.25, -0.2) is 4.39 Å². The Bertz CT molecular complexity index is 923. The van der Waals surface area contributed by atoms with E-state index in [1.54, 1.807) is 6.07 Å². The highest BCUT2D eigenvalue weighted by atomic mass is 35.5. The number of benzene rings is 2. The molecule has 4 nitrogen and oxygen atoms in total. The Balaban J connectivity index is 1.66. The van der Waals surface area contributed by atoms with Crippen molar-refractivity contribution in [2.75, 3.05) is 49.6 Å². The fourth-order valence-electron chi connectivity index (χ4n) is 4.36. The monoisotopic (exact) mass is 427 g/mol. The molecule has 0 amide bonds. The maximum atomic E-state index is 14.1. The van der Waals surface area contributed by atoms with E-state index in [2.05, 4.69) is 21.7 Å². The molecule has 30 heavy (non-hydrogen) atoms. The molecular weight excluding hydrogens is 401 g/mol. The first-order chi connectivity index (χ1) is 14.5. The van der Waals surface area contributed by atoms with Gasteiger partial charge in [-0.15, -0.1) is 0 Å². The van der Waals surface area contributed by atoms with Gasteiger partial charge in [-0.1, -0.05) is 17.7 Å². The van der Waals surface area contributed by atoms with Gasteiger partial charge in [0.25, 0.3) is 0 Å². The summed E-state index contributed by atoms with van der Waals surface area (Å²) in [4.78, 5) is 18.8. The van der Waals surface area contributed by atoms with Crippen LogP contribution in [-0.4, -0.2) is 57.0 Å². The fraction of sp³-hybridized carbons (Fsp3) is 0.375. The molecule has 0 saturated carbocycles. The molecule has 0 bridgehead atoms. The van der Waals surface area contributed by atoms with Gasteiger partial charge >= 0.3 is 0 Å². The van der Waals surface area contributed by atoms with Gasteiger partial charge < -0.3 is 19.5 Å². The lowest BCUT2D eigenvalue weighted by atomic mass is 9.93. The third-order valence-corrected chi connectivity index (χ3v) is 6.29. The number of carbonyl (C=O) groups excluding carboxylic acids is 1. The van der Waals surface area contributed by atoms with Crippen molar-refractivity contribution in [2.24, 2.45) is 0 Å². The molecule has 0 spiro atoms. The molecule has 0 radical (unpaired) electrons. The van der Waals surface area contributed by atoms with Gasteiger partial charge in [0, 0.05) is 54.7 Å². The Hall–Kier alpha value is -2.37. The van der Waals surface area contributed by atoms with Gasteiger partial charge in [-0.2, -0.15) is 0 Å². The standard InChI is InChI=1S/C24H27ClFN3O/c1-27-11-13-28(14-12-27)23-9-6-21(26)16-19(23)15-18-3-2-10-29(24(18)17-30)22-7-4-20(25)5-8-22/h4-9,15-17,24H,2-3,10-14H2,1H3. The average Bonchev–Trinajstić information content (AvgIpc) is 2.75. The van der Waals surface area contributed by atoms with Crippen LogP contribution in [0.2, 0.25) is 5.02 Å². The van der Waals surface area contributed by atoms with Crippen LogP contribution in [0.1, 0.15) is 18.4 Å². The predicted octanol–water partition coefficient (Wildman–Crippen LogP) is 4.48. The van der Waals surface area contributed by atoms with Gasteiger partial charge in [0.1, 0.15) is 18.1 Å². The number of piperazine rings is 1. The summed E-state index contributed by atoms with van der Waals surface area (Å²) in [5.41, 5.74) is 3.87. The SMILES string of the molecule is CN1CCN(c2ccc(F)cc2C=C2CCCN(c3ccc(Cl)cc3)C2C=O)CC1. The number of aldehydes is 1. The smallest absolute Gasteiger partial charge is 0.146 e. The Morgan fingerprint density at radius 3 is 2.47 bits per heavy atom. The number of halogens is 2. The van der Waals surface area contributed by atoms with Gasteiger partial charge in [0.05, 0.1) is 0 Å². The molecule has 0 aliphatic carbocycles. The molecule has 1 unspecified atom stereocenters. The quantitative estimate of drug-likeness (QED) is 0.672. The minimum atomic E-state index is -0.358. The first-order valence-electron chi connectivity index (χ1n) is 10.5. The van der Waals surface area contributed by atoms with Gasteiger partial charge in [0.2, 0.25) is 0 Å². The predicted molar refractivity (Wildman–Crippen MR) is 122 cm³/mol. The highest BCUT2D eigenvalue weighted by Crippen LogP contribution is 2.32. The van der Waals surface area contributed by atoms with Crippen LogP contribution in [0.15, 0.2) is 48.0 Å². The molecule has 0 N–H and O–H groups in total. The summed E-state index contributed by atoms with van der Waals surface area (Å²) >= 11 is 6.03. The van der Waals surface area contributed by atoms with Crippen molar-refractivity contribution >= 4 is 35.3 Å². The van der Waals surface area contributed by atoms with Crippen LogP contribution < -0.4 is 9.80 Å². The summed E-state index contributed by atoms with van der Waals surface area (Å²) in [5.74, 6) is -0.257. The van der Waals surface area contributed by atoms with Crippen LogP contribution in [-0.2, 0) is 4.79 Å². The third-order valence-electron chi connectivity index (χ3n) is 6.04. The Morgan fingerprint density at radius 1 is 1.03 bits per heavy atom. The zero-order valence-electron chi connectivity index (χ0n) is 17.2. The molecule has 1 atom stereocenters. The summed E-state index contributed by atoms with van der Waals surface area (Å²) in [6.45, 7) is 4.58. The highest BCUT2D eigenvalue weighted by molar-refractivity contribution is 6.30. The molecule has 4 rings (SSSR count). The van der Waals surface area contributed by atoms with Crippen molar-refractivity contribution in [3.05, 3.63) is 64.4 Å². The van der Waals surface area contributed by atoms with Gasteiger partial charge in [0.15, 0.2) is 0 Å². The van der Waals surface area contributed by atoms with Crippen LogP contribution >= 0.6 is 11.6 Å². The Morgan fingerprint density at radius 2 is 1.77 bits per heavy atom. The average molecular weight is 428 g/mol. The lowest BCUT2D eigenvalue weighted by Gasteiger charge is -2.37. The number of likely N-dealkylation sites (N-methyl/N-ethyl adjacent to an activating group) is 1. The number of carbonyl (C=O) groups is 1. The maximum Gasteiger partial charge on any atom is 0.146 e. The first-order valence-corrected chi connectivity index (χ1v) is 10.8. The minimum Gasteiger partial charge on any atom is -0.368 e. The molecular formula is C24H27ClFN3O. The van der Waals surface area contributed by atoms with E-state index in [1.807, 2.05) is 36.4 Å². The van der Waals surface area contributed by atoms with Crippen LogP contribution in [0.4, 0.5) is 15.8 Å². The number of piperidine rings is 1. The molecule has 2 aliphatic rings. The summed E-state index contributed by atoms with van der Waals surface area (Å²) in [7, 11) is 2.12. The van der Waals surface area contributed by atoms with Crippen LogP contribution in [0.25, 0.3) is 6.08 Å². The molecule has 158 valence electrons. The normalized spacial score (nSPS) is 21.8. The van der Waals surface area contributed by atoms with E-state index in [-0.39, 0.29) is 11.9 Å². The van der Waals surface area contributed by atoms with Crippen molar-refractivity contribution in [1.29, 1.82) is 0 Å². The second-order valence-corrected chi connectivity index (χ2v) is 8.50. The highest BCUT2D eigenvalue weighted by Gasteiger charge is 2.27. The number of anilines is 2. The van der Waals surface area contributed by atoms with E-state index in [1.165, 1.54) is 6.07 Å². The van der Waals surface area contributed by atoms with Crippen LogP contribution in [0, 0.1) is 5.82 Å². The molecule has 2 aliphatic heterocycles. The third kappa shape index (κ3) is 4.52. The Labute approximate surface area is 182 Å². The van der Waals surface area contributed by atoms with Crippen LogP contribution in [0.5, 0.6) is 0 Å². The lowest BCUT2D eigenvalue weighted by Crippen LogP contribution is -2.44. The molecule has 2 aromatic carbocycles. The van der Waals surface area contributed by atoms with Crippen LogP contribution in [0.3, 0.4) is 0 Å². The summed E-state index contributed by atoms with van der Waals surface area (Å²) in [6.07, 6.45) is 4.79. The lowest BCUT2D eigenvalue weighted by molar-refractivity contribution is -0.108. The van der Waals surface area contributed by atoms with Gasteiger partial charge in [-0.3, -0.25) is 0 Å². The number of hydrogen-bond donors (Lipinski definition) is 0. The number of hydrogen-bond acceptors (Lipinski definition) is 4. The van der Waals surface area contributed by atoms with E-state index in [4.69, 9.17) is 11.6 Å². The van der Waals surface area contributed by atoms with Gasteiger partial charge in [-0.05, 0) is 67.9 Å². The molecule has 2 aromatic rings. The first kappa shape index (κ1) is 20.9. The van der Waals surface area contributed by atoms with Crippen molar-refractivity contribution in [3.63, 3.8) is 0 Å². The van der Waals surface area contributed by atoms with E-state index in [9.17, 15) is 9.18 Å². The summed E-state index contributed by atoms with van der Waals surface area (Å²) in [5, 5.41) is 0.672. The fourth-order valence-corrected chi connectivity index (χ4v) is 4.48. The molecule has 2 heterocycles. The molecule has 6 heteroatoms. The van der Waals surface area contributed by atoms with Crippen molar-refractivity contribution in [1.82, 2.24) is 4.90 Å². The Kier molecular flexibility index (Phi) is 6.40. The second-order valence-electron chi connectivity index (χ2n) is 8.07. The summed E-state index contributed by atoms with van der Waals surface area (Å²) in [6, 6.07) is 12.2. The zero-order valence-corrected chi connectivity index (χ0v) is 18.0.